The van der Waals surface area contributed by atoms with Gasteiger partial charge in [0.15, 0.2) is 6.29 Å². The standard InChI is InChI=1S/C16H14N2O3/c1-20-14-3-4-15(13(8-14)10-19)21-11-12-2-5-16-17-6-7-18(16)9-12/h2-10H,11H2,1H3. The van der Waals surface area contributed by atoms with E-state index in [4.69, 9.17) is 9.47 Å². The number of hydrogen-bond acceptors (Lipinski definition) is 4. The molecule has 0 N–H and O–H groups in total. The highest BCUT2D eigenvalue weighted by Crippen LogP contribution is 2.23. The van der Waals surface area contributed by atoms with Gasteiger partial charge in [-0.2, -0.15) is 0 Å². The first-order valence-corrected chi connectivity index (χ1v) is 6.48. The first-order valence-electron chi connectivity index (χ1n) is 6.48. The molecule has 106 valence electrons. The Hall–Kier alpha value is -2.82. The molecule has 0 aliphatic rings. The number of aromatic nitrogens is 2. The molecule has 0 radical (unpaired) electrons. The summed E-state index contributed by atoms with van der Waals surface area (Å²) in [6.07, 6.45) is 6.33. The van der Waals surface area contributed by atoms with E-state index < -0.39 is 0 Å². The molecule has 0 aliphatic carbocycles. The Morgan fingerprint density at radius 1 is 1.29 bits per heavy atom. The van der Waals surface area contributed by atoms with Gasteiger partial charge in [0.25, 0.3) is 0 Å². The topological polar surface area (TPSA) is 52.8 Å². The number of methoxy groups -OCH3 is 1. The van der Waals surface area contributed by atoms with Gasteiger partial charge < -0.3 is 13.9 Å². The summed E-state index contributed by atoms with van der Waals surface area (Å²) in [5, 5.41) is 0. The second-order valence-electron chi connectivity index (χ2n) is 4.54. The van der Waals surface area contributed by atoms with Crippen molar-refractivity contribution in [2.45, 2.75) is 6.61 Å². The van der Waals surface area contributed by atoms with Gasteiger partial charge >= 0.3 is 0 Å². The van der Waals surface area contributed by atoms with Crippen LogP contribution in [-0.2, 0) is 6.61 Å². The summed E-state index contributed by atoms with van der Waals surface area (Å²) in [5.74, 6) is 1.17. The van der Waals surface area contributed by atoms with E-state index in [1.54, 1.807) is 31.5 Å². The molecule has 1 aromatic carbocycles. The highest BCUT2D eigenvalue weighted by atomic mass is 16.5. The van der Waals surface area contributed by atoms with E-state index in [9.17, 15) is 4.79 Å². The normalized spacial score (nSPS) is 10.5. The number of nitrogens with zero attached hydrogens (tertiary/aromatic N) is 2. The summed E-state index contributed by atoms with van der Waals surface area (Å²) >= 11 is 0. The van der Waals surface area contributed by atoms with Gasteiger partial charge in [0.05, 0.1) is 12.7 Å². The predicted molar refractivity (Wildman–Crippen MR) is 77.9 cm³/mol. The molecule has 2 aromatic heterocycles. The molecule has 0 bridgehead atoms. The summed E-state index contributed by atoms with van der Waals surface area (Å²) < 4.78 is 12.7. The maximum absolute atomic E-state index is 11.1. The highest BCUT2D eigenvalue weighted by Gasteiger charge is 2.06. The molecule has 3 aromatic rings. The van der Waals surface area contributed by atoms with Crippen molar-refractivity contribution in [2.24, 2.45) is 0 Å². The predicted octanol–water partition coefficient (Wildman–Crippen LogP) is 2.73. The lowest BCUT2D eigenvalue weighted by atomic mass is 10.2. The number of carbonyl (C=O) groups excluding carboxylic acids is 1. The van der Waals surface area contributed by atoms with Gasteiger partial charge in [-0.15, -0.1) is 0 Å². The van der Waals surface area contributed by atoms with Crippen molar-refractivity contribution in [3.63, 3.8) is 0 Å². The van der Waals surface area contributed by atoms with Crippen molar-refractivity contribution in [1.82, 2.24) is 9.38 Å². The fraction of sp³-hybridized carbons (Fsp3) is 0.125. The van der Waals surface area contributed by atoms with Crippen LogP contribution in [-0.4, -0.2) is 22.8 Å². The van der Waals surface area contributed by atoms with Crippen molar-refractivity contribution in [3.8, 4) is 11.5 Å². The van der Waals surface area contributed by atoms with E-state index in [0.29, 0.717) is 23.7 Å². The van der Waals surface area contributed by atoms with Crippen LogP contribution in [0.1, 0.15) is 15.9 Å². The van der Waals surface area contributed by atoms with Crippen molar-refractivity contribution >= 4 is 11.9 Å². The minimum absolute atomic E-state index is 0.376. The van der Waals surface area contributed by atoms with Crippen LogP contribution in [0.2, 0.25) is 0 Å². The third kappa shape index (κ3) is 2.72. The fourth-order valence-corrected chi connectivity index (χ4v) is 2.09. The lowest BCUT2D eigenvalue weighted by Crippen LogP contribution is -2.00. The molecule has 0 amide bonds. The lowest BCUT2D eigenvalue weighted by molar-refractivity contribution is 0.111. The zero-order valence-electron chi connectivity index (χ0n) is 11.5. The molecule has 0 saturated carbocycles. The maximum Gasteiger partial charge on any atom is 0.153 e. The van der Waals surface area contributed by atoms with Gasteiger partial charge in [-0.3, -0.25) is 4.79 Å². The van der Waals surface area contributed by atoms with E-state index in [1.165, 1.54) is 0 Å². The molecule has 0 atom stereocenters. The Bertz CT molecular complexity index is 780. The Labute approximate surface area is 121 Å². The number of benzene rings is 1. The van der Waals surface area contributed by atoms with Crippen LogP contribution < -0.4 is 9.47 Å². The van der Waals surface area contributed by atoms with E-state index in [0.717, 1.165) is 17.5 Å². The molecule has 5 nitrogen and oxygen atoms in total. The SMILES string of the molecule is COc1ccc(OCc2ccc3nccn3c2)c(C=O)c1. The minimum Gasteiger partial charge on any atom is -0.497 e. The van der Waals surface area contributed by atoms with Crippen molar-refractivity contribution in [1.29, 1.82) is 0 Å². The number of ether oxygens (including phenoxy) is 2. The van der Waals surface area contributed by atoms with Crippen LogP contribution in [0.3, 0.4) is 0 Å². The second kappa shape index (κ2) is 5.66. The lowest BCUT2D eigenvalue weighted by Gasteiger charge is -2.10. The Kier molecular flexibility index (Phi) is 3.55. The number of fused-ring (bicyclic) bond motifs is 1. The molecular formula is C16H14N2O3. The maximum atomic E-state index is 11.1. The molecule has 0 fully saturated rings. The van der Waals surface area contributed by atoms with Crippen molar-refractivity contribution in [2.75, 3.05) is 7.11 Å². The number of aldehydes is 1. The quantitative estimate of drug-likeness (QED) is 0.675. The summed E-state index contributed by atoms with van der Waals surface area (Å²) in [6, 6.07) is 9.03. The van der Waals surface area contributed by atoms with Crippen molar-refractivity contribution in [3.05, 3.63) is 60.0 Å². The number of imidazole rings is 1. The van der Waals surface area contributed by atoms with E-state index in [1.807, 2.05) is 28.9 Å². The third-order valence-electron chi connectivity index (χ3n) is 3.19. The molecule has 3 rings (SSSR count). The van der Waals surface area contributed by atoms with Gasteiger partial charge in [-0.25, -0.2) is 4.98 Å². The van der Waals surface area contributed by atoms with Gasteiger partial charge in [0, 0.05) is 24.2 Å². The first-order chi connectivity index (χ1) is 10.3. The summed E-state index contributed by atoms with van der Waals surface area (Å²) in [6.45, 7) is 0.376. The van der Waals surface area contributed by atoms with Crippen molar-refractivity contribution < 1.29 is 14.3 Å². The van der Waals surface area contributed by atoms with Gasteiger partial charge in [-0.1, -0.05) is 6.07 Å². The Balaban J connectivity index is 1.79. The summed E-state index contributed by atoms with van der Waals surface area (Å²) in [7, 11) is 1.56. The average molecular weight is 282 g/mol. The Morgan fingerprint density at radius 3 is 3.00 bits per heavy atom. The second-order valence-corrected chi connectivity index (χ2v) is 4.54. The summed E-state index contributed by atoms with van der Waals surface area (Å²) in [5.41, 5.74) is 2.35. The first kappa shape index (κ1) is 13.2. The van der Waals surface area contributed by atoms with E-state index in [2.05, 4.69) is 4.98 Å². The van der Waals surface area contributed by atoms with E-state index in [-0.39, 0.29) is 0 Å². The molecule has 5 heteroatoms. The monoisotopic (exact) mass is 282 g/mol. The van der Waals surface area contributed by atoms with Crippen LogP contribution >= 0.6 is 0 Å². The molecule has 2 heterocycles. The highest BCUT2D eigenvalue weighted by molar-refractivity contribution is 5.80. The number of pyridine rings is 1. The molecular weight excluding hydrogens is 268 g/mol. The summed E-state index contributed by atoms with van der Waals surface area (Å²) in [4.78, 5) is 15.3. The zero-order chi connectivity index (χ0) is 14.7. The van der Waals surface area contributed by atoms with Gasteiger partial charge in [-0.05, 0) is 24.3 Å². The smallest absolute Gasteiger partial charge is 0.153 e. The number of carbonyl (C=O) groups is 1. The third-order valence-corrected chi connectivity index (χ3v) is 3.19. The molecule has 0 spiro atoms. The van der Waals surface area contributed by atoms with Crippen LogP contribution in [0.15, 0.2) is 48.9 Å². The largest absolute Gasteiger partial charge is 0.497 e. The fourth-order valence-electron chi connectivity index (χ4n) is 2.09. The number of rotatable bonds is 5. The Morgan fingerprint density at radius 2 is 2.19 bits per heavy atom. The molecule has 0 aliphatic heterocycles. The van der Waals surface area contributed by atoms with Crippen LogP contribution in [0, 0.1) is 0 Å². The number of hydrogen-bond donors (Lipinski definition) is 0. The molecule has 21 heavy (non-hydrogen) atoms. The van der Waals surface area contributed by atoms with Gasteiger partial charge in [0.1, 0.15) is 23.8 Å². The van der Waals surface area contributed by atoms with E-state index >= 15 is 0 Å². The minimum atomic E-state index is 0.376. The zero-order valence-corrected chi connectivity index (χ0v) is 11.5. The van der Waals surface area contributed by atoms with Gasteiger partial charge in [0.2, 0.25) is 0 Å². The molecule has 0 unspecified atom stereocenters. The molecule has 0 saturated heterocycles. The van der Waals surface area contributed by atoms with Crippen LogP contribution in [0.5, 0.6) is 11.5 Å². The average Bonchev–Trinajstić information content (AvgIpc) is 3.00. The van der Waals surface area contributed by atoms with Crippen LogP contribution in [0.4, 0.5) is 0 Å². The van der Waals surface area contributed by atoms with Crippen LogP contribution in [0.25, 0.3) is 5.65 Å².